The lowest BCUT2D eigenvalue weighted by Crippen LogP contribution is -2.54. The second kappa shape index (κ2) is 4.94. The Morgan fingerprint density at radius 1 is 1.25 bits per heavy atom. The number of rotatable bonds is 2. The number of fused-ring (bicyclic) bond motifs is 1. The van der Waals surface area contributed by atoms with E-state index in [1.165, 1.54) is 12.8 Å². The van der Waals surface area contributed by atoms with Crippen molar-refractivity contribution < 1.29 is 14.6 Å². The second-order valence-corrected chi connectivity index (χ2v) is 7.93. The molecule has 116 valence electrons. The zero-order valence-electron chi connectivity index (χ0n) is 13.3. The van der Waals surface area contributed by atoms with Gasteiger partial charge in [-0.05, 0) is 53.5 Å². The summed E-state index contributed by atoms with van der Waals surface area (Å²) < 4.78 is 12.1. The number of morpholine rings is 1. The third-order valence-electron chi connectivity index (χ3n) is 5.35. The van der Waals surface area contributed by atoms with E-state index in [9.17, 15) is 5.11 Å². The summed E-state index contributed by atoms with van der Waals surface area (Å²) in [6, 6.07) is 0.586. The Bertz CT molecular complexity index is 369. The van der Waals surface area contributed by atoms with Crippen molar-refractivity contribution in [3.05, 3.63) is 0 Å². The van der Waals surface area contributed by atoms with Crippen molar-refractivity contribution in [3.63, 3.8) is 0 Å². The third-order valence-corrected chi connectivity index (χ3v) is 5.35. The van der Waals surface area contributed by atoms with Gasteiger partial charge in [0.15, 0.2) is 0 Å². The zero-order valence-corrected chi connectivity index (χ0v) is 13.3. The predicted molar refractivity (Wildman–Crippen MR) is 77.7 cm³/mol. The lowest BCUT2D eigenvalue weighted by atomic mass is 9.80. The Morgan fingerprint density at radius 2 is 2.00 bits per heavy atom. The van der Waals surface area contributed by atoms with Gasteiger partial charge in [0, 0.05) is 18.5 Å². The van der Waals surface area contributed by atoms with E-state index < -0.39 is 6.10 Å². The van der Waals surface area contributed by atoms with Gasteiger partial charge in [0.25, 0.3) is 0 Å². The van der Waals surface area contributed by atoms with Crippen LogP contribution < -0.4 is 0 Å². The molecule has 3 fully saturated rings. The van der Waals surface area contributed by atoms with Gasteiger partial charge in [-0.25, -0.2) is 0 Å². The first kappa shape index (κ1) is 14.8. The molecule has 3 aliphatic heterocycles. The van der Waals surface area contributed by atoms with E-state index >= 15 is 0 Å². The summed E-state index contributed by atoms with van der Waals surface area (Å²) in [6.45, 7) is 11.2. The predicted octanol–water partition coefficient (Wildman–Crippen LogP) is 1.80. The molecule has 0 aromatic heterocycles. The molecular weight excluding hydrogens is 254 g/mol. The SMILES string of the molecule is CC1(C)CC(C(O)C2CN3CCCC3CO2)C(C)(C)O1. The Balaban J connectivity index is 1.68. The smallest absolute Gasteiger partial charge is 0.0965 e. The maximum Gasteiger partial charge on any atom is 0.0965 e. The molecule has 0 aliphatic carbocycles. The average Bonchev–Trinajstić information content (AvgIpc) is 2.88. The van der Waals surface area contributed by atoms with Gasteiger partial charge in [0.2, 0.25) is 0 Å². The van der Waals surface area contributed by atoms with Crippen LogP contribution in [0.2, 0.25) is 0 Å². The molecule has 0 aromatic rings. The van der Waals surface area contributed by atoms with Crippen molar-refractivity contribution >= 4 is 0 Å². The fourth-order valence-electron chi connectivity index (χ4n) is 4.45. The summed E-state index contributed by atoms with van der Waals surface area (Å²) >= 11 is 0. The molecule has 1 N–H and O–H groups in total. The van der Waals surface area contributed by atoms with E-state index in [4.69, 9.17) is 9.47 Å². The van der Waals surface area contributed by atoms with Crippen LogP contribution in [0.3, 0.4) is 0 Å². The van der Waals surface area contributed by atoms with Crippen molar-refractivity contribution in [3.8, 4) is 0 Å². The molecule has 3 aliphatic rings. The molecule has 4 atom stereocenters. The van der Waals surface area contributed by atoms with Crippen LogP contribution in [0, 0.1) is 5.92 Å². The van der Waals surface area contributed by atoms with Crippen LogP contribution in [-0.2, 0) is 9.47 Å². The molecule has 3 heterocycles. The number of hydrogen-bond acceptors (Lipinski definition) is 4. The Labute approximate surface area is 122 Å². The number of hydrogen-bond donors (Lipinski definition) is 1. The second-order valence-electron chi connectivity index (χ2n) is 7.93. The van der Waals surface area contributed by atoms with Gasteiger partial charge in [-0.15, -0.1) is 0 Å². The third kappa shape index (κ3) is 2.63. The number of nitrogens with zero attached hydrogens (tertiary/aromatic N) is 1. The van der Waals surface area contributed by atoms with E-state index in [0.717, 1.165) is 26.1 Å². The maximum absolute atomic E-state index is 10.8. The van der Waals surface area contributed by atoms with E-state index in [1.54, 1.807) is 0 Å². The first-order valence-corrected chi connectivity index (χ1v) is 8.02. The zero-order chi connectivity index (χ0) is 14.5. The van der Waals surface area contributed by atoms with Crippen molar-refractivity contribution in [2.24, 2.45) is 5.92 Å². The van der Waals surface area contributed by atoms with Gasteiger partial charge < -0.3 is 14.6 Å². The fourth-order valence-corrected chi connectivity index (χ4v) is 4.45. The Morgan fingerprint density at radius 3 is 2.65 bits per heavy atom. The fraction of sp³-hybridized carbons (Fsp3) is 1.00. The molecule has 20 heavy (non-hydrogen) atoms. The summed E-state index contributed by atoms with van der Waals surface area (Å²) in [7, 11) is 0. The molecule has 4 nitrogen and oxygen atoms in total. The molecule has 0 aromatic carbocycles. The lowest BCUT2D eigenvalue weighted by Gasteiger charge is -2.40. The highest BCUT2D eigenvalue weighted by molar-refractivity contribution is 5.00. The highest BCUT2D eigenvalue weighted by Gasteiger charge is 2.51. The summed E-state index contributed by atoms with van der Waals surface area (Å²) in [5.41, 5.74) is -0.436. The van der Waals surface area contributed by atoms with Gasteiger partial charge in [0.05, 0.1) is 30.0 Å². The number of aliphatic hydroxyl groups excluding tert-OH is 1. The molecule has 4 unspecified atom stereocenters. The van der Waals surface area contributed by atoms with Crippen LogP contribution in [-0.4, -0.2) is 59.2 Å². The quantitative estimate of drug-likeness (QED) is 0.839. The normalized spacial score (nSPS) is 41.5. The minimum atomic E-state index is -0.437. The van der Waals surface area contributed by atoms with Crippen LogP contribution in [0.25, 0.3) is 0 Å². The first-order valence-electron chi connectivity index (χ1n) is 8.02. The largest absolute Gasteiger partial charge is 0.390 e. The van der Waals surface area contributed by atoms with Gasteiger partial charge >= 0.3 is 0 Å². The molecule has 3 rings (SSSR count). The van der Waals surface area contributed by atoms with Gasteiger partial charge in [0.1, 0.15) is 0 Å². The molecule has 0 saturated carbocycles. The monoisotopic (exact) mass is 283 g/mol. The van der Waals surface area contributed by atoms with Gasteiger partial charge in [-0.3, -0.25) is 4.90 Å². The molecule has 0 bridgehead atoms. The molecule has 4 heteroatoms. The standard InChI is InChI=1S/C16H29NO3/c1-15(2)8-12(16(3,4)20-15)14(18)13-9-17-7-5-6-11(17)10-19-13/h11-14,18H,5-10H2,1-4H3. The van der Waals surface area contributed by atoms with Crippen LogP contribution >= 0.6 is 0 Å². The van der Waals surface area contributed by atoms with Crippen LogP contribution in [0.15, 0.2) is 0 Å². The first-order chi connectivity index (χ1) is 9.28. The molecule has 0 amide bonds. The summed E-state index contributed by atoms with van der Waals surface area (Å²) in [4.78, 5) is 2.49. The van der Waals surface area contributed by atoms with Crippen LogP contribution in [0.1, 0.15) is 47.0 Å². The van der Waals surface area contributed by atoms with Crippen LogP contribution in [0.4, 0.5) is 0 Å². The topological polar surface area (TPSA) is 41.9 Å². The minimum Gasteiger partial charge on any atom is -0.390 e. The summed E-state index contributed by atoms with van der Waals surface area (Å²) in [6.07, 6.45) is 2.90. The number of ether oxygens (including phenoxy) is 2. The highest BCUT2D eigenvalue weighted by atomic mass is 16.5. The van der Waals surface area contributed by atoms with E-state index in [1.807, 2.05) is 0 Å². The molecule has 0 spiro atoms. The van der Waals surface area contributed by atoms with Crippen molar-refractivity contribution in [2.45, 2.75) is 76.4 Å². The molecule has 3 saturated heterocycles. The van der Waals surface area contributed by atoms with E-state index in [2.05, 4.69) is 32.6 Å². The van der Waals surface area contributed by atoms with Crippen molar-refractivity contribution in [2.75, 3.05) is 19.7 Å². The summed E-state index contributed by atoms with van der Waals surface area (Å²) in [5.74, 6) is 0.140. The minimum absolute atomic E-state index is 0.0638. The molecule has 0 radical (unpaired) electrons. The van der Waals surface area contributed by atoms with E-state index in [-0.39, 0.29) is 23.2 Å². The van der Waals surface area contributed by atoms with Gasteiger partial charge in [-0.1, -0.05) is 0 Å². The lowest BCUT2D eigenvalue weighted by molar-refractivity contribution is -0.140. The maximum atomic E-state index is 10.8. The summed E-state index contributed by atoms with van der Waals surface area (Å²) in [5, 5.41) is 10.8. The van der Waals surface area contributed by atoms with Crippen molar-refractivity contribution in [1.82, 2.24) is 4.90 Å². The van der Waals surface area contributed by atoms with Crippen molar-refractivity contribution in [1.29, 1.82) is 0 Å². The average molecular weight is 283 g/mol. The number of aliphatic hydroxyl groups is 1. The Hall–Kier alpha value is -0.160. The van der Waals surface area contributed by atoms with Gasteiger partial charge in [-0.2, -0.15) is 0 Å². The van der Waals surface area contributed by atoms with E-state index in [0.29, 0.717) is 6.04 Å². The Kier molecular flexibility index (Phi) is 3.65. The highest BCUT2D eigenvalue weighted by Crippen LogP contribution is 2.44. The van der Waals surface area contributed by atoms with Crippen LogP contribution in [0.5, 0.6) is 0 Å². The molecular formula is C16H29NO3.